The summed E-state index contributed by atoms with van der Waals surface area (Å²) in [6.45, 7) is 9.22. The minimum Gasteiger partial charge on any atom is -0.497 e. The van der Waals surface area contributed by atoms with Crippen LogP contribution in [0.2, 0.25) is 5.04 Å². The third-order valence-corrected chi connectivity index (χ3v) is 11.4. The zero-order valence-electron chi connectivity index (χ0n) is 22.1. The Morgan fingerprint density at radius 2 is 1.42 bits per heavy atom. The molecule has 36 heavy (non-hydrogen) atoms. The van der Waals surface area contributed by atoms with Crippen molar-refractivity contribution in [3.05, 3.63) is 103 Å². The Bertz CT molecular complexity index is 1060. The summed E-state index contributed by atoms with van der Waals surface area (Å²) < 4.78 is 18.0. The van der Waals surface area contributed by atoms with Gasteiger partial charge in [-0.3, -0.25) is 4.79 Å². The normalized spacial score (nSPS) is 13.0. The first-order valence-corrected chi connectivity index (χ1v) is 14.3. The van der Waals surface area contributed by atoms with Crippen molar-refractivity contribution >= 4 is 24.5 Å². The van der Waals surface area contributed by atoms with Gasteiger partial charge in [-0.05, 0) is 46.5 Å². The molecule has 0 saturated carbocycles. The molecule has 0 aliphatic heterocycles. The zero-order chi connectivity index (χ0) is 26.0. The molecule has 0 aliphatic rings. The molecule has 0 saturated heterocycles. The summed E-state index contributed by atoms with van der Waals surface area (Å²) in [6, 6.07) is 28.9. The van der Waals surface area contributed by atoms with Crippen LogP contribution < -0.4 is 15.1 Å². The number of benzene rings is 3. The third kappa shape index (κ3) is 6.81. The van der Waals surface area contributed by atoms with E-state index < -0.39 is 14.4 Å². The smallest absolute Gasteiger partial charge is 0.261 e. The van der Waals surface area contributed by atoms with Gasteiger partial charge in [-0.15, -0.1) is 0 Å². The summed E-state index contributed by atoms with van der Waals surface area (Å²) in [5.41, 5.74) is 1.00. The topological polar surface area (TPSA) is 44.8 Å². The Balaban J connectivity index is 1.70. The lowest BCUT2D eigenvalue weighted by atomic mass is 10.1. The van der Waals surface area contributed by atoms with Crippen molar-refractivity contribution in [2.24, 2.45) is 0 Å². The fourth-order valence-corrected chi connectivity index (χ4v) is 8.99. The SMILES string of the molecule is COc1ccc(CO[C@H](C/C=C/CO[Si](c2ccccc2)(c2ccccc2)C(C)(C)C)C(C)=O)cc1. The summed E-state index contributed by atoms with van der Waals surface area (Å²) in [5, 5.41) is 2.43. The first-order chi connectivity index (χ1) is 17.3. The number of ether oxygens (including phenoxy) is 2. The monoisotopic (exact) mass is 502 g/mol. The maximum absolute atomic E-state index is 12.2. The molecule has 3 rings (SSSR count). The quantitative estimate of drug-likeness (QED) is 0.236. The Morgan fingerprint density at radius 3 is 1.89 bits per heavy atom. The van der Waals surface area contributed by atoms with Crippen LogP contribution in [0.4, 0.5) is 0 Å². The van der Waals surface area contributed by atoms with Gasteiger partial charge in [0.2, 0.25) is 0 Å². The molecule has 0 unspecified atom stereocenters. The standard InChI is InChI=1S/C31H38O4Si/c1-25(32)30(34-24-26-19-21-27(33-5)22-20-26)18-12-13-23-35-36(31(2,3)4,28-14-8-6-9-15-28)29-16-10-7-11-17-29/h6-17,19-22,30H,18,23-24H2,1-5H3/b13-12+/t30-/m1/s1. The highest BCUT2D eigenvalue weighted by molar-refractivity contribution is 6.99. The van der Waals surface area contributed by atoms with Crippen molar-refractivity contribution in [2.75, 3.05) is 13.7 Å². The number of rotatable bonds is 12. The summed E-state index contributed by atoms with van der Waals surface area (Å²) in [6.07, 6.45) is 4.04. The van der Waals surface area contributed by atoms with E-state index in [1.54, 1.807) is 14.0 Å². The van der Waals surface area contributed by atoms with Gasteiger partial charge in [0.05, 0.1) is 20.3 Å². The Morgan fingerprint density at radius 1 is 0.861 bits per heavy atom. The van der Waals surface area contributed by atoms with Crippen molar-refractivity contribution in [3.63, 3.8) is 0 Å². The second-order valence-electron chi connectivity index (χ2n) is 9.94. The summed E-state index contributed by atoms with van der Waals surface area (Å²) >= 11 is 0. The fraction of sp³-hybridized carbons (Fsp3) is 0.323. The molecule has 0 aromatic heterocycles. The van der Waals surface area contributed by atoms with Gasteiger partial charge in [0.1, 0.15) is 11.9 Å². The van der Waals surface area contributed by atoms with Crippen molar-refractivity contribution in [3.8, 4) is 5.75 Å². The van der Waals surface area contributed by atoms with Crippen LogP contribution in [0, 0.1) is 0 Å². The number of methoxy groups -OCH3 is 1. The van der Waals surface area contributed by atoms with Crippen LogP contribution in [0.1, 0.15) is 39.7 Å². The van der Waals surface area contributed by atoms with E-state index in [9.17, 15) is 4.79 Å². The van der Waals surface area contributed by atoms with E-state index in [1.807, 2.05) is 48.6 Å². The minimum atomic E-state index is -2.58. The van der Waals surface area contributed by atoms with Gasteiger partial charge < -0.3 is 13.9 Å². The molecule has 0 bridgehead atoms. The Kier molecular flexibility index (Phi) is 9.82. The van der Waals surface area contributed by atoms with Crippen molar-refractivity contribution in [1.29, 1.82) is 0 Å². The molecule has 3 aromatic carbocycles. The van der Waals surface area contributed by atoms with Crippen LogP contribution in [0.5, 0.6) is 5.75 Å². The second kappa shape index (κ2) is 12.8. The highest BCUT2D eigenvalue weighted by Crippen LogP contribution is 2.36. The largest absolute Gasteiger partial charge is 0.497 e. The molecule has 0 fully saturated rings. The van der Waals surface area contributed by atoms with Crippen LogP contribution >= 0.6 is 0 Å². The molecule has 0 spiro atoms. The van der Waals surface area contributed by atoms with E-state index in [2.05, 4.69) is 69.3 Å². The van der Waals surface area contributed by atoms with Crippen molar-refractivity contribution in [1.82, 2.24) is 0 Å². The molecule has 4 nitrogen and oxygen atoms in total. The second-order valence-corrected chi connectivity index (χ2v) is 14.2. The van der Waals surface area contributed by atoms with Gasteiger partial charge in [0, 0.05) is 0 Å². The van der Waals surface area contributed by atoms with E-state index in [1.165, 1.54) is 10.4 Å². The van der Waals surface area contributed by atoms with Gasteiger partial charge >= 0.3 is 0 Å². The molecule has 3 aromatic rings. The van der Waals surface area contributed by atoms with Gasteiger partial charge in [-0.25, -0.2) is 0 Å². The fourth-order valence-electron chi connectivity index (χ4n) is 4.49. The predicted octanol–water partition coefficient (Wildman–Crippen LogP) is 5.69. The first kappa shape index (κ1) is 27.6. The number of hydrogen-bond acceptors (Lipinski definition) is 4. The molecule has 190 valence electrons. The van der Waals surface area contributed by atoms with Crippen LogP contribution in [0.25, 0.3) is 0 Å². The molecule has 0 radical (unpaired) electrons. The number of ketones is 1. The van der Waals surface area contributed by atoms with E-state index in [-0.39, 0.29) is 10.8 Å². The highest BCUT2D eigenvalue weighted by atomic mass is 28.4. The van der Waals surface area contributed by atoms with Crippen LogP contribution in [0.15, 0.2) is 97.1 Å². The maximum atomic E-state index is 12.2. The van der Waals surface area contributed by atoms with Crippen molar-refractivity contribution < 1.29 is 18.7 Å². The van der Waals surface area contributed by atoms with Gasteiger partial charge in [-0.2, -0.15) is 0 Å². The summed E-state index contributed by atoms with van der Waals surface area (Å²) in [5.74, 6) is 0.812. The third-order valence-electron chi connectivity index (χ3n) is 6.39. The molecular formula is C31H38O4Si. The number of Topliss-reactive ketones (excluding diaryl/α,β-unsaturated/α-hetero) is 1. The predicted molar refractivity (Wildman–Crippen MR) is 150 cm³/mol. The lowest BCUT2D eigenvalue weighted by molar-refractivity contribution is -0.128. The van der Waals surface area contributed by atoms with E-state index >= 15 is 0 Å². The van der Waals surface area contributed by atoms with Crippen LogP contribution in [0.3, 0.4) is 0 Å². The lowest BCUT2D eigenvalue weighted by Gasteiger charge is -2.42. The van der Waals surface area contributed by atoms with E-state index in [0.717, 1.165) is 11.3 Å². The highest BCUT2D eigenvalue weighted by Gasteiger charge is 2.49. The molecule has 0 heterocycles. The maximum Gasteiger partial charge on any atom is 0.261 e. The molecular weight excluding hydrogens is 464 g/mol. The molecule has 5 heteroatoms. The van der Waals surface area contributed by atoms with Gasteiger partial charge in [-0.1, -0.05) is 106 Å². The first-order valence-electron chi connectivity index (χ1n) is 12.4. The van der Waals surface area contributed by atoms with Gasteiger partial charge in [0.25, 0.3) is 8.32 Å². The Labute approximate surface area is 217 Å². The number of carbonyl (C=O) groups excluding carboxylic acids is 1. The molecule has 0 aliphatic carbocycles. The van der Waals surface area contributed by atoms with Crippen LogP contribution in [-0.2, 0) is 20.6 Å². The van der Waals surface area contributed by atoms with Gasteiger partial charge in [0.15, 0.2) is 5.78 Å². The summed E-state index contributed by atoms with van der Waals surface area (Å²) in [4.78, 5) is 12.2. The molecule has 0 amide bonds. The van der Waals surface area contributed by atoms with E-state index in [0.29, 0.717) is 19.6 Å². The van der Waals surface area contributed by atoms with E-state index in [4.69, 9.17) is 13.9 Å². The molecule has 1 atom stereocenters. The average molecular weight is 503 g/mol. The minimum absolute atomic E-state index is 0.0149. The lowest BCUT2D eigenvalue weighted by Crippen LogP contribution is -2.66. The van der Waals surface area contributed by atoms with Crippen LogP contribution in [-0.4, -0.2) is 33.9 Å². The van der Waals surface area contributed by atoms with Crippen molar-refractivity contribution in [2.45, 2.75) is 51.9 Å². The average Bonchev–Trinajstić information content (AvgIpc) is 2.88. The number of hydrogen-bond donors (Lipinski definition) is 0. The summed E-state index contributed by atoms with van der Waals surface area (Å²) in [7, 11) is -0.935. The molecule has 0 N–H and O–H groups in total. The number of carbonyl (C=O) groups is 1. The Hall–Kier alpha value is -2.99. The zero-order valence-corrected chi connectivity index (χ0v) is 23.1.